The zero-order valence-corrected chi connectivity index (χ0v) is 43.0. The van der Waals surface area contributed by atoms with Gasteiger partial charge in [0, 0.05) is 37.9 Å². The molecule has 1 aromatic carbocycles. The van der Waals surface area contributed by atoms with E-state index in [4.69, 9.17) is 52.1 Å². The fourth-order valence-electron chi connectivity index (χ4n) is 14.8. The van der Waals surface area contributed by atoms with E-state index in [1.54, 1.807) is 45.2 Å². The molecule has 4 saturated carbocycles. The maximum absolute atomic E-state index is 14.3. The smallest absolute Gasteiger partial charge is 0.338 e. The minimum absolute atomic E-state index is 0.00661. The number of ketones is 1. The zero-order valence-electron chi connectivity index (χ0n) is 43.0. The summed E-state index contributed by atoms with van der Waals surface area (Å²) in [6.45, 7) is 12.5. The largest absolute Gasteiger partial charge is 0.457 e. The van der Waals surface area contributed by atoms with Crippen molar-refractivity contribution in [1.82, 2.24) is 0 Å². The standard InChI is InChI=1S/C53H78O19/c1-10-25(2)46(60)71-45-43(68-47(61)29-14-12-11-13-15-29)44-50(6)19-17-31(22-30(50)16-20-52(44)53(72-52)21-18-32(26(3)55)51(45,53)7)66-35-23-33(62-8)40(27(4)64-35)69-49-39(59)42(63-9)41(28(5)65-49)70-48-38(58)37(57)36(56)34(24-54)67-48/h11-15,25,27-28,30-45,48-49,54,56-59H,10,16-24H2,1-9H3/t25?,27?,28?,30?,31-,32-,33?,34?,35?,36?,37?,38?,39?,40?,41?,42?,43-,44?,45+,48?,49?,50-,51-,52?,53?/m0/s1. The van der Waals surface area contributed by atoms with Crippen molar-refractivity contribution in [1.29, 1.82) is 0 Å². The number of rotatable bonds is 15. The molecule has 19 nitrogen and oxygen atoms in total. The number of Topliss-reactive ketones (excluding diaryl/α,β-unsaturated/α-hetero) is 1. The van der Waals surface area contributed by atoms with Crippen LogP contribution in [0.25, 0.3) is 0 Å². The summed E-state index contributed by atoms with van der Waals surface area (Å²) in [5, 5.41) is 52.5. The Hall–Kier alpha value is -2.73. The highest BCUT2D eigenvalue weighted by Gasteiger charge is 2.91. The molecule has 4 saturated heterocycles. The molecular formula is C53H78O19. The topological polar surface area (TPSA) is 257 Å². The third-order valence-electron chi connectivity index (χ3n) is 18.9. The number of esters is 2. The first-order chi connectivity index (χ1) is 34.2. The number of hydrogen-bond acceptors (Lipinski definition) is 19. The van der Waals surface area contributed by atoms with Gasteiger partial charge in [0.15, 0.2) is 18.9 Å². The Balaban J connectivity index is 0.898. The first kappa shape index (κ1) is 54.1. The fourth-order valence-corrected chi connectivity index (χ4v) is 14.8. The van der Waals surface area contributed by atoms with E-state index >= 15 is 0 Å². The molecular weight excluding hydrogens is 941 g/mol. The van der Waals surface area contributed by atoms with Crippen molar-refractivity contribution in [3.8, 4) is 0 Å². The third-order valence-corrected chi connectivity index (χ3v) is 18.9. The molecule has 8 fully saturated rings. The number of epoxide rings is 1. The molecule has 0 bridgehead atoms. The Morgan fingerprint density at radius 2 is 1.46 bits per heavy atom. The van der Waals surface area contributed by atoms with Crippen LogP contribution in [0.4, 0.5) is 0 Å². The lowest BCUT2D eigenvalue weighted by Gasteiger charge is -2.61. The van der Waals surface area contributed by atoms with Crippen molar-refractivity contribution in [2.45, 2.75) is 222 Å². The second kappa shape index (κ2) is 20.7. The lowest BCUT2D eigenvalue weighted by Crippen LogP contribution is -2.71. The minimum Gasteiger partial charge on any atom is -0.457 e. The Labute approximate surface area is 421 Å². The molecule has 4 heterocycles. The van der Waals surface area contributed by atoms with Gasteiger partial charge in [0.2, 0.25) is 0 Å². The average Bonchev–Trinajstić information content (AvgIpc) is 3.91. The molecule has 19 heteroatoms. The van der Waals surface area contributed by atoms with E-state index in [1.165, 1.54) is 7.11 Å². The number of methoxy groups -OCH3 is 2. The molecule has 72 heavy (non-hydrogen) atoms. The average molecular weight is 1020 g/mol. The fraction of sp³-hybridized carbons (Fsp3) is 0.830. The van der Waals surface area contributed by atoms with Crippen molar-refractivity contribution >= 4 is 17.7 Å². The van der Waals surface area contributed by atoms with Crippen LogP contribution in [0.1, 0.15) is 117 Å². The lowest BCUT2D eigenvalue weighted by molar-refractivity contribution is -0.371. The van der Waals surface area contributed by atoms with Crippen LogP contribution in [0.2, 0.25) is 0 Å². The molecule has 8 aliphatic rings. The first-order valence-electron chi connectivity index (χ1n) is 26.2. The van der Waals surface area contributed by atoms with E-state index in [2.05, 4.69) is 6.92 Å². The van der Waals surface area contributed by atoms with Crippen LogP contribution in [-0.2, 0) is 61.7 Å². The molecule has 4 aliphatic carbocycles. The van der Waals surface area contributed by atoms with Crippen LogP contribution in [0.3, 0.4) is 0 Å². The number of aliphatic hydroxyl groups excluding tert-OH is 5. The van der Waals surface area contributed by atoms with E-state index < -0.39 is 145 Å². The van der Waals surface area contributed by atoms with Crippen molar-refractivity contribution < 1.29 is 92.0 Å². The highest BCUT2D eigenvalue weighted by Crippen LogP contribution is 2.81. The SMILES string of the molecule is CCC(C)C(=O)O[C@@H]1[C@@H](OC(=O)c2ccccc2)C2C3(CCC4C[C@@H](OC5CC(OC)C(OC6OC(C)C(OC7OC(CO)C(O)C(O)C7O)C(OC)C6O)C(C)O5)CC[C@@]42C)OC32CC[C@@H](C(C)=O)[C@@]12C. The number of aliphatic hydroxyl groups is 5. The molecule has 9 rings (SSSR count). The van der Waals surface area contributed by atoms with Crippen molar-refractivity contribution in [3.05, 3.63) is 35.9 Å². The molecule has 404 valence electrons. The lowest BCUT2D eigenvalue weighted by atomic mass is 9.43. The van der Waals surface area contributed by atoms with Crippen LogP contribution in [0.15, 0.2) is 30.3 Å². The van der Waals surface area contributed by atoms with Crippen LogP contribution < -0.4 is 0 Å². The van der Waals surface area contributed by atoms with Gasteiger partial charge in [-0.2, -0.15) is 0 Å². The highest BCUT2D eigenvalue weighted by atomic mass is 16.8. The summed E-state index contributed by atoms with van der Waals surface area (Å²) >= 11 is 0. The molecule has 25 atom stereocenters. The Morgan fingerprint density at radius 1 is 0.764 bits per heavy atom. The number of benzene rings is 1. The molecule has 2 spiro atoms. The Bertz CT molecular complexity index is 2100. The van der Waals surface area contributed by atoms with Gasteiger partial charge in [0.05, 0.1) is 42.5 Å². The summed E-state index contributed by atoms with van der Waals surface area (Å²) in [4.78, 5) is 41.9. The van der Waals surface area contributed by atoms with Crippen molar-refractivity contribution in [2.24, 2.45) is 34.5 Å². The quantitative estimate of drug-likeness (QED) is 0.0961. The van der Waals surface area contributed by atoms with Gasteiger partial charge in [0.1, 0.15) is 78.0 Å². The number of hydrogen-bond donors (Lipinski definition) is 5. The van der Waals surface area contributed by atoms with E-state index in [0.29, 0.717) is 56.9 Å². The maximum atomic E-state index is 14.3. The van der Waals surface area contributed by atoms with Gasteiger partial charge in [-0.3, -0.25) is 9.59 Å². The second-order valence-corrected chi connectivity index (χ2v) is 22.5. The normalized spacial score (nSPS) is 49.0. The van der Waals surface area contributed by atoms with Crippen LogP contribution in [-0.4, -0.2) is 180 Å². The van der Waals surface area contributed by atoms with Crippen LogP contribution in [0.5, 0.6) is 0 Å². The van der Waals surface area contributed by atoms with E-state index in [-0.39, 0.29) is 29.7 Å². The summed E-state index contributed by atoms with van der Waals surface area (Å²) in [5.41, 5.74) is -2.41. The van der Waals surface area contributed by atoms with E-state index in [9.17, 15) is 39.9 Å². The molecule has 1 aromatic rings. The predicted molar refractivity (Wildman–Crippen MR) is 250 cm³/mol. The van der Waals surface area contributed by atoms with Gasteiger partial charge in [-0.15, -0.1) is 0 Å². The molecule has 5 N–H and O–H groups in total. The molecule has 0 amide bonds. The summed E-state index contributed by atoms with van der Waals surface area (Å²) in [6.07, 6.45) is -12.0. The van der Waals surface area contributed by atoms with Crippen LogP contribution in [0, 0.1) is 34.5 Å². The minimum atomic E-state index is -1.67. The van der Waals surface area contributed by atoms with Gasteiger partial charge < -0.3 is 77.6 Å². The summed E-state index contributed by atoms with van der Waals surface area (Å²) in [7, 11) is 2.95. The van der Waals surface area contributed by atoms with Gasteiger partial charge in [-0.1, -0.05) is 45.9 Å². The van der Waals surface area contributed by atoms with Gasteiger partial charge in [-0.05, 0) is 95.6 Å². The monoisotopic (exact) mass is 1020 g/mol. The zero-order chi connectivity index (χ0) is 51.8. The Morgan fingerprint density at radius 3 is 2.12 bits per heavy atom. The molecule has 0 radical (unpaired) electrons. The van der Waals surface area contributed by atoms with E-state index in [1.807, 2.05) is 33.8 Å². The Kier molecular flexibility index (Phi) is 15.5. The number of ether oxygens (including phenoxy) is 11. The van der Waals surface area contributed by atoms with E-state index in [0.717, 1.165) is 6.42 Å². The van der Waals surface area contributed by atoms with Crippen LogP contribution >= 0.6 is 0 Å². The number of carbonyl (C=O) groups is 3. The second-order valence-electron chi connectivity index (χ2n) is 22.5. The molecule has 0 aromatic heterocycles. The van der Waals surface area contributed by atoms with Gasteiger partial charge >= 0.3 is 11.9 Å². The number of carbonyl (C=O) groups excluding carboxylic acids is 3. The maximum Gasteiger partial charge on any atom is 0.338 e. The summed E-state index contributed by atoms with van der Waals surface area (Å²) < 4.78 is 69.8. The van der Waals surface area contributed by atoms with Gasteiger partial charge in [-0.25, -0.2) is 4.79 Å². The van der Waals surface area contributed by atoms with Crippen molar-refractivity contribution in [2.75, 3.05) is 20.8 Å². The number of fused-ring (bicyclic) bond motifs is 2. The molecule has 19 unspecified atom stereocenters. The molecule has 4 aliphatic heterocycles. The third kappa shape index (κ3) is 8.80. The van der Waals surface area contributed by atoms with Crippen molar-refractivity contribution in [3.63, 3.8) is 0 Å². The van der Waals surface area contributed by atoms with Gasteiger partial charge in [0.25, 0.3) is 0 Å². The predicted octanol–water partition coefficient (Wildman–Crippen LogP) is 3.14. The first-order valence-corrected chi connectivity index (χ1v) is 26.2. The summed E-state index contributed by atoms with van der Waals surface area (Å²) in [6, 6.07) is 8.84. The highest BCUT2D eigenvalue weighted by molar-refractivity contribution is 5.89. The summed E-state index contributed by atoms with van der Waals surface area (Å²) in [5.74, 6) is -2.00.